The van der Waals surface area contributed by atoms with Crippen molar-refractivity contribution in [2.45, 2.75) is 19.9 Å². The lowest BCUT2D eigenvalue weighted by molar-refractivity contribution is 0.308. The van der Waals surface area contributed by atoms with Gasteiger partial charge in [0.1, 0.15) is 5.75 Å². The Morgan fingerprint density at radius 1 is 1.17 bits per heavy atom. The van der Waals surface area contributed by atoms with Crippen LogP contribution in [0.3, 0.4) is 0 Å². The van der Waals surface area contributed by atoms with Gasteiger partial charge < -0.3 is 10.1 Å². The van der Waals surface area contributed by atoms with Gasteiger partial charge >= 0.3 is 0 Å². The molecular weight excluding hydrogens is 242 g/mol. The Morgan fingerprint density at radius 2 is 2.00 bits per heavy atom. The van der Waals surface area contributed by atoms with Crippen molar-refractivity contribution in [3.8, 4) is 5.75 Å². The molecule has 0 amide bonds. The van der Waals surface area contributed by atoms with Crippen molar-refractivity contribution < 1.29 is 4.74 Å². The van der Waals surface area contributed by atoms with Crippen LogP contribution in [0.2, 0.25) is 0 Å². The van der Waals surface area contributed by atoms with E-state index in [1.807, 2.05) is 30.3 Å². The van der Waals surface area contributed by atoms with Crippen molar-refractivity contribution in [3.63, 3.8) is 0 Å². The summed E-state index contributed by atoms with van der Waals surface area (Å²) in [4.78, 5) is 0. The van der Waals surface area contributed by atoms with E-state index in [0.717, 1.165) is 31.9 Å². The van der Waals surface area contributed by atoms with Crippen LogP contribution in [0.15, 0.2) is 41.1 Å². The predicted octanol–water partition coefficient (Wildman–Crippen LogP) is 3.62. The number of para-hydroxylation sites is 1. The van der Waals surface area contributed by atoms with Crippen molar-refractivity contribution in [2.75, 3.05) is 13.2 Å². The number of ether oxygens (including phenoxy) is 1. The molecule has 1 aromatic carbocycles. The third-order valence-electron chi connectivity index (χ3n) is 2.79. The van der Waals surface area contributed by atoms with Crippen LogP contribution >= 0.6 is 11.3 Å². The van der Waals surface area contributed by atoms with Gasteiger partial charge in [-0.25, -0.2) is 0 Å². The Labute approximate surface area is 113 Å². The van der Waals surface area contributed by atoms with E-state index in [0.29, 0.717) is 0 Å². The highest BCUT2D eigenvalue weighted by Crippen LogP contribution is 2.13. The summed E-state index contributed by atoms with van der Waals surface area (Å²) >= 11 is 1.77. The highest BCUT2D eigenvalue weighted by molar-refractivity contribution is 7.08. The van der Waals surface area contributed by atoms with E-state index in [1.54, 1.807) is 11.3 Å². The first-order valence-electron chi connectivity index (χ1n) is 6.26. The molecule has 0 aliphatic heterocycles. The van der Waals surface area contributed by atoms with Crippen molar-refractivity contribution in [2.24, 2.45) is 0 Å². The van der Waals surface area contributed by atoms with Gasteiger partial charge in [-0.1, -0.05) is 18.2 Å². The molecule has 2 nitrogen and oxygen atoms in total. The minimum atomic E-state index is 0.764. The Bertz CT molecular complexity index is 453. The molecule has 0 unspecified atom stereocenters. The highest BCUT2D eigenvalue weighted by atomic mass is 32.1. The standard InChI is InChI=1S/C15H19NOS/c1-13-11-18-12-14(13)10-16-8-5-9-17-15-6-3-2-4-7-15/h2-4,6-7,11-12,16H,5,8-10H2,1H3. The van der Waals surface area contributed by atoms with Crippen LogP contribution in [0, 0.1) is 6.92 Å². The monoisotopic (exact) mass is 261 g/mol. The summed E-state index contributed by atoms with van der Waals surface area (Å²) in [7, 11) is 0. The van der Waals surface area contributed by atoms with Crippen LogP contribution in [0.1, 0.15) is 17.5 Å². The summed E-state index contributed by atoms with van der Waals surface area (Å²) in [5.41, 5.74) is 2.79. The van der Waals surface area contributed by atoms with Crippen LogP contribution < -0.4 is 10.1 Å². The Morgan fingerprint density at radius 3 is 2.72 bits per heavy atom. The smallest absolute Gasteiger partial charge is 0.119 e. The molecule has 0 radical (unpaired) electrons. The maximum Gasteiger partial charge on any atom is 0.119 e. The molecule has 1 heterocycles. The highest BCUT2D eigenvalue weighted by Gasteiger charge is 1.98. The van der Waals surface area contributed by atoms with Crippen molar-refractivity contribution >= 4 is 11.3 Å². The first kappa shape index (κ1) is 13.1. The zero-order chi connectivity index (χ0) is 12.6. The molecule has 0 atom stereocenters. The molecule has 1 N–H and O–H groups in total. The lowest BCUT2D eigenvalue weighted by atomic mass is 10.2. The van der Waals surface area contributed by atoms with E-state index in [-0.39, 0.29) is 0 Å². The minimum Gasteiger partial charge on any atom is -0.494 e. The SMILES string of the molecule is Cc1cscc1CNCCCOc1ccccc1. The molecule has 0 saturated carbocycles. The molecule has 0 spiro atoms. The van der Waals surface area contributed by atoms with Gasteiger partial charge in [-0.15, -0.1) is 0 Å². The lowest BCUT2D eigenvalue weighted by Crippen LogP contribution is -2.17. The molecule has 18 heavy (non-hydrogen) atoms. The van der Waals surface area contributed by atoms with Gasteiger partial charge in [-0.2, -0.15) is 11.3 Å². The van der Waals surface area contributed by atoms with Gasteiger partial charge in [0, 0.05) is 6.54 Å². The Balaban J connectivity index is 1.56. The quantitative estimate of drug-likeness (QED) is 0.769. The molecule has 2 aromatic rings. The number of aryl methyl sites for hydroxylation is 1. The Hall–Kier alpha value is -1.32. The van der Waals surface area contributed by atoms with Crippen LogP contribution in [0.4, 0.5) is 0 Å². The summed E-state index contributed by atoms with van der Waals surface area (Å²) in [5.74, 6) is 0.950. The van der Waals surface area contributed by atoms with Crippen molar-refractivity contribution in [1.82, 2.24) is 5.32 Å². The maximum atomic E-state index is 5.63. The van der Waals surface area contributed by atoms with Gasteiger partial charge in [-0.3, -0.25) is 0 Å². The molecule has 96 valence electrons. The van der Waals surface area contributed by atoms with E-state index in [4.69, 9.17) is 4.74 Å². The topological polar surface area (TPSA) is 21.3 Å². The maximum absolute atomic E-state index is 5.63. The van der Waals surface area contributed by atoms with Crippen molar-refractivity contribution in [1.29, 1.82) is 0 Å². The van der Waals surface area contributed by atoms with Crippen LogP contribution in [0.25, 0.3) is 0 Å². The third kappa shape index (κ3) is 4.17. The normalized spacial score (nSPS) is 10.5. The van der Waals surface area contributed by atoms with E-state index in [2.05, 4.69) is 23.0 Å². The molecule has 3 heteroatoms. The second-order valence-electron chi connectivity index (χ2n) is 4.27. The van der Waals surface area contributed by atoms with E-state index in [1.165, 1.54) is 11.1 Å². The van der Waals surface area contributed by atoms with E-state index < -0.39 is 0 Å². The summed E-state index contributed by atoms with van der Waals surface area (Å²) in [5, 5.41) is 7.84. The summed E-state index contributed by atoms with van der Waals surface area (Å²) in [6.07, 6.45) is 1.03. The zero-order valence-electron chi connectivity index (χ0n) is 10.7. The molecule has 0 aliphatic carbocycles. The molecule has 0 saturated heterocycles. The first-order valence-corrected chi connectivity index (χ1v) is 7.21. The third-order valence-corrected chi connectivity index (χ3v) is 3.70. The van der Waals surface area contributed by atoms with Crippen LogP contribution in [-0.4, -0.2) is 13.2 Å². The van der Waals surface area contributed by atoms with Crippen LogP contribution in [-0.2, 0) is 6.54 Å². The second-order valence-corrected chi connectivity index (χ2v) is 5.02. The van der Waals surface area contributed by atoms with Gasteiger partial charge in [0.2, 0.25) is 0 Å². The number of rotatable bonds is 7. The number of thiophene rings is 1. The van der Waals surface area contributed by atoms with Crippen molar-refractivity contribution in [3.05, 3.63) is 52.2 Å². The average Bonchev–Trinajstić information content (AvgIpc) is 2.81. The molecule has 0 bridgehead atoms. The average molecular weight is 261 g/mol. The van der Waals surface area contributed by atoms with Gasteiger partial charge in [0.25, 0.3) is 0 Å². The summed E-state index contributed by atoms with van der Waals surface area (Å²) in [6, 6.07) is 9.96. The van der Waals surface area contributed by atoms with Gasteiger partial charge in [0.05, 0.1) is 6.61 Å². The van der Waals surface area contributed by atoms with Gasteiger partial charge in [0.15, 0.2) is 0 Å². The van der Waals surface area contributed by atoms with E-state index >= 15 is 0 Å². The lowest BCUT2D eigenvalue weighted by Gasteiger charge is -2.07. The number of benzene rings is 1. The fourth-order valence-electron chi connectivity index (χ4n) is 1.69. The predicted molar refractivity (Wildman–Crippen MR) is 77.3 cm³/mol. The first-order chi connectivity index (χ1) is 8.86. The molecule has 0 fully saturated rings. The fraction of sp³-hybridized carbons (Fsp3) is 0.333. The fourth-order valence-corrected chi connectivity index (χ4v) is 2.55. The van der Waals surface area contributed by atoms with E-state index in [9.17, 15) is 0 Å². The van der Waals surface area contributed by atoms with Crippen LogP contribution in [0.5, 0.6) is 5.75 Å². The molecule has 2 rings (SSSR count). The van der Waals surface area contributed by atoms with Gasteiger partial charge in [-0.05, 0) is 53.9 Å². The number of nitrogens with one attached hydrogen (secondary N) is 1. The summed E-state index contributed by atoms with van der Waals surface area (Å²) in [6.45, 7) is 4.87. The number of hydrogen-bond donors (Lipinski definition) is 1. The number of hydrogen-bond acceptors (Lipinski definition) is 3. The molecule has 1 aromatic heterocycles. The molecule has 0 aliphatic rings. The second kappa shape index (κ2) is 7.19. The Kier molecular flexibility index (Phi) is 5.24. The largest absolute Gasteiger partial charge is 0.494 e. The summed E-state index contributed by atoms with van der Waals surface area (Å²) < 4.78 is 5.63. The zero-order valence-corrected chi connectivity index (χ0v) is 11.5. The molecular formula is C15H19NOS. The minimum absolute atomic E-state index is 0.764.